The first-order valence-corrected chi connectivity index (χ1v) is 10.2. The van der Waals surface area contributed by atoms with Crippen molar-refractivity contribution < 1.29 is 49.0 Å². The lowest BCUT2D eigenvalue weighted by atomic mass is 9.73. The van der Waals surface area contributed by atoms with E-state index in [1.54, 1.807) is 0 Å². The number of halogens is 9. The first-order valence-electron chi connectivity index (χ1n) is 10.2. The number of ether oxygens (including phenoxy) is 1. The van der Waals surface area contributed by atoms with Crippen molar-refractivity contribution in [2.24, 2.45) is 17.8 Å². The molecule has 1 aromatic rings. The van der Waals surface area contributed by atoms with Gasteiger partial charge in [0.2, 0.25) is 0 Å². The normalized spacial score (nSPS) is 24.0. The molecule has 0 spiro atoms. The first-order chi connectivity index (χ1) is 14.8. The third-order valence-corrected chi connectivity index (χ3v) is 6.43. The van der Waals surface area contributed by atoms with Crippen molar-refractivity contribution in [1.29, 1.82) is 0 Å². The maximum atomic E-state index is 14.7. The Morgan fingerprint density at radius 1 is 0.688 bits per heavy atom. The lowest BCUT2D eigenvalue weighted by Gasteiger charge is -2.42. The summed E-state index contributed by atoms with van der Waals surface area (Å²) in [6.45, 7) is 0. The quantitative estimate of drug-likeness (QED) is 0.329. The molecule has 0 atom stereocenters. The molecule has 0 amide bonds. The van der Waals surface area contributed by atoms with Crippen LogP contribution in [0.1, 0.15) is 51.4 Å². The maximum Gasteiger partial charge on any atom is 0.400 e. The number of ketones is 1. The molecule has 1 aromatic carbocycles. The molecular formula is C21H21F9O2. The number of benzene rings is 1. The van der Waals surface area contributed by atoms with Crippen LogP contribution in [0.2, 0.25) is 0 Å². The van der Waals surface area contributed by atoms with Crippen LogP contribution in [-0.4, -0.2) is 23.7 Å². The number of alkyl halides is 6. The highest BCUT2D eigenvalue weighted by atomic mass is 19.3. The Bertz CT molecular complexity index is 815. The summed E-state index contributed by atoms with van der Waals surface area (Å²) in [5.74, 6) is -20.6. The molecule has 0 saturated heterocycles. The van der Waals surface area contributed by atoms with E-state index in [0.717, 1.165) is 0 Å². The summed E-state index contributed by atoms with van der Waals surface area (Å²) >= 11 is 0. The average molecular weight is 476 g/mol. The van der Waals surface area contributed by atoms with Crippen LogP contribution < -0.4 is 4.74 Å². The summed E-state index contributed by atoms with van der Waals surface area (Å²) in [6.07, 6.45) is -7.58. The molecule has 32 heavy (non-hydrogen) atoms. The number of carbonyl (C=O) groups is 1. The average Bonchev–Trinajstić information content (AvgIpc) is 2.72. The molecule has 2 saturated carbocycles. The van der Waals surface area contributed by atoms with Crippen LogP contribution >= 0.6 is 0 Å². The Hall–Kier alpha value is -1.94. The summed E-state index contributed by atoms with van der Waals surface area (Å²) in [4.78, 5) is 11.2. The molecule has 3 rings (SSSR count). The molecule has 0 bridgehead atoms. The zero-order valence-electron chi connectivity index (χ0n) is 16.8. The van der Waals surface area contributed by atoms with Gasteiger partial charge in [0.05, 0.1) is 5.92 Å². The molecular weight excluding hydrogens is 455 g/mol. The second-order valence-corrected chi connectivity index (χ2v) is 8.47. The van der Waals surface area contributed by atoms with E-state index in [-0.39, 0.29) is 43.6 Å². The van der Waals surface area contributed by atoms with Crippen molar-refractivity contribution in [1.82, 2.24) is 0 Å². The molecule has 2 aliphatic rings. The molecule has 0 radical (unpaired) electrons. The smallest absolute Gasteiger partial charge is 0.400 e. The minimum Gasteiger partial charge on any atom is -0.432 e. The lowest BCUT2D eigenvalue weighted by molar-refractivity contribution is -0.275. The van der Waals surface area contributed by atoms with Crippen molar-refractivity contribution in [3.05, 3.63) is 29.6 Å². The lowest BCUT2D eigenvalue weighted by Crippen LogP contribution is -2.53. The highest BCUT2D eigenvalue weighted by Gasteiger charge is 2.64. The van der Waals surface area contributed by atoms with Crippen LogP contribution in [0.3, 0.4) is 0 Å². The summed E-state index contributed by atoms with van der Waals surface area (Å²) < 4.78 is 131. The van der Waals surface area contributed by atoms with Crippen LogP contribution in [0.5, 0.6) is 5.75 Å². The number of hydrogen-bond donors (Lipinski definition) is 0. The number of Topliss-reactive ketones (excluding diaryl/α,β-unsaturated/α-hetero) is 1. The van der Waals surface area contributed by atoms with Crippen LogP contribution in [0.4, 0.5) is 39.5 Å². The van der Waals surface area contributed by atoms with Crippen LogP contribution in [-0.2, 0) is 4.79 Å². The largest absolute Gasteiger partial charge is 0.432 e. The molecule has 2 aliphatic carbocycles. The molecule has 2 fully saturated rings. The van der Waals surface area contributed by atoms with Crippen molar-refractivity contribution in [3.8, 4) is 5.75 Å². The van der Waals surface area contributed by atoms with Crippen molar-refractivity contribution in [2.45, 2.75) is 69.3 Å². The van der Waals surface area contributed by atoms with Gasteiger partial charge >= 0.3 is 18.0 Å². The van der Waals surface area contributed by atoms with Crippen LogP contribution in [0, 0.1) is 35.2 Å². The van der Waals surface area contributed by atoms with Crippen molar-refractivity contribution >= 4 is 5.78 Å². The maximum absolute atomic E-state index is 14.7. The Kier molecular flexibility index (Phi) is 6.77. The molecule has 0 aliphatic heterocycles. The third-order valence-electron chi connectivity index (χ3n) is 6.43. The SMILES string of the molecule is O=C1CCC(C(F)(F)C(F)(F)C2CCC(C(F)(F)Oc3cc(F)c(F)c(F)c3)CC2)CC1. The van der Waals surface area contributed by atoms with E-state index in [2.05, 4.69) is 4.74 Å². The number of hydrogen-bond acceptors (Lipinski definition) is 2. The fourth-order valence-electron chi connectivity index (χ4n) is 4.47. The molecule has 2 nitrogen and oxygen atoms in total. The van der Waals surface area contributed by atoms with E-state index in [1.165, 1.54) is 0 Å². The zero-order chi connectivity index (χ0) is 23.9. The summed E-state index contributed by atoms with van der Waals surface area (Å²) in [5.41, 5.74) is 0. The first kappa shape index (κ1) is 24.7. The van der Waals surface area contributed by atoms with Gasteiger partial charge in [-0.25, -0.2) is 13.2 Å². The zero-order valence-corrected chi connectivity index (χ0v) is 16.8. The molecule has 0 heterocycles. The van der Waals surface area contributed by atoms with Gasteiger partial charge in [0.25, 0.3) is 0 Å². The molecule has 0 unspecified atom stereocenters. The fourth-order valence-corrected chi connectivity index (χ4v) is 4.47. The van der Waals surface area contributed by atoms with Gasteiger partial charge in [-0.2, -0.15) is 26.3 Å². The topological polar surface area (TPSA) is 26.3 Å². The Morgan fingerprint density at radius 2 is 1.09 bits per heavy atom. The number of carbonyl (C=O) groups excluding carboxylic acids is 1. The van der Waals surface area contributed by atoms with Crippen molar-refractivity contribution in [3.63, 3.8) is 0 Å². The highest BCUT2D eigenvalue weighted by molar-refractivity contribution is 5.79. The molecule has 11 heteroatoms. The van der Waals surface area contributed by atoms with E-state index >= 15 is 0 Å². The Morgan fingerprint density at radius 3 is 1.56 bits per heavy atom. The predicted octanol–water partition coefficient (Wildman–Crippen LogP) is 6.91. The standard InChI is InChI=1S/C21H21F9O2/c22-16-9-15(10-17(23)18(16)24)32-21(29,30)13-3-1-11(2-4-13)19(25,26)20(27,28)12-5-7-14(31)8-6-12/h9-13H,1-8H2. The third kappa shape index (κ3) is 4.71. The van der Waals surface area contributed by atoms with E-state index < -0.39 is 84.6 Å². The summed E-state index contributed by atoms with van der Waals surface area (Å²) in [5, 5.41) is 0. The molecule has 180 valence electrons. The summed E-state index contributed by atoms with van der Waals surface area (Å²) in [7, 11) is 0. The molecule has 0 aromatic heterocycles. The van der Waals surface area contributed by atoms with Crippen LogP contribution in [0.15, 0.2) is 12.1 Å². The minimum atomic E-state index is -4.44. The van der Waals surface area contributed by atoms with E-state index in [1.807, 2.05) is 0 Å². The van der Waals surface area contributed by atoms with Gasteiger partial charge in [0.15, 0.2) is 17.5 Å². The predicted molar refractivity (Wildman–Crippen MR) is 94.2 cm³/mol. The second-order valence-electron chi connectivity index (χ2n) is 8.47. The Balaban J connectivity index is 1.64. The fraction of sp³-hybridized carbons (Fsp3) is 0.667. The minimum absolute atomic E-state index is 0.197. The Labute approximate surface area is 178 Å². The highest BCUT2D eigenvalue weighted by Crippen LogP contribution is 2.53. The van der Waals surface area contributed by atoms with Gasteiger partial charge in [-0.05, 0) is 38.5 Å². The number of rotatable bonds is 6. The molecule has 0 N–H and O–H groups in total. The van der Waals surface area contributed by atoms with Crippen LogP contribution in [0.25, 0.3) is 0 Å². The van der Waals surface area contributed by atoms with E-state index in [0.29, 0.717) is 0 Å². The van der Waals surface area contributed by atoms with E-state index in [9.17, 15) is 44.3 Å². The van der Waals surface area contributed by atoms with Gasteiger partial charge in [-0.3, -0.25) is 4.79 Å². The summed E-state index contributed by atoms with van der Waals surface area (Å²) in [6, 6.07) is 0.448. The van der Waals surface area contributed by atoms with Gasteiger partial charge in [-0.1, -0.05) is 0 Å². The van der Waals surface area contributed by atoms with Gasteiger partial charge < -0.3 is 4.74 Å². The second kappa shape index (κ2) is 8.78. The van der Waals surface area contributed by atoms with Crippen molar-refractivity contribution in [2.75, 3.05) is 0 Å². The van der Waals surface area contributed by atoms with Gasteiger partial charge in [0.1, 0.15) is 11.5 Å². The van der Waals surface area contributed by atoms with Gasteiger partial charge in [0, 0.05) is 36.8 Å². The van der Waals surface area contributed by atoms with E-state index in [4.69, 9.17) is 0 Å². The monoisotopic (exact) mass is 476 g/mol. The van der Waals surface area contributed by atoms with Gasteiger partial charge in [-0.15, -0.1) is 0 Å².